The van der Waals surface area contributed by atoms with Gasteiger partial charge in [-0.3, -0.25) is 9.78 Å². The number of rotatable bonds is 4. The van der Waals surface area contributed by atoms with Crippen molar-refractivity contribution in [1.82, 2.24) is 10.3 Å². The molecule has 0 saturated carbocycles. The van der Waals surface area contributed by atoms with Crippen LogP contribution >= 0.6 is 0 Å². The predicted octanol–water partition coefficient (Wildman–Crippen LogP) is -0.562. The van der Waals surface area contributed by atoms with Crippen molar-refractivity contribution in [2.45, 2.75) is 0 Å². The molecular weight excluding hydrogens is 230 g/mol. The van der Waals surface area contributed by atoms with Crippen molar-refractivity contribution >= 4 is 21.4 Å². The standard InChI is InChI=1S/C9H13N3O3S/c1-16(14,15)5-4-12-9(13)8-6-7(10)2-3-11-8/h2-3,6H,4-5H2,1H3,(H2,10,11)(H,12,13). The van der Waals surface area contributed by atoms with Crippen molar-refractivity contribution in [3.63, 3.8) is 0 Å². The smallest absolute Gasteiger partial charge is 0.269 e. The summed E-state index contributed by atoms with van der Waals surface area (Å²) in [5.74, 6) is -0.530. The Morgan fingerprint density at radius 1 is 1.56 bits per heavy atom. The second-order valence-corrected chi connectivity index (χ2v) is 5.62. The molecule has 0 saturated heterocycles. The lowest BCUT2D eigenvalue weighted by Gasteiger charge is -2.03. The summed E-state index contributed by atoms with van der Waals surface area (Å²) in [6, 6.07) is 2.99. The minimum atomic E-state index is -3.07. The quantitative estimate of drug-likeness (QED) is 0.738. The van der Waals surface area contributed by atoms with Gasteiger partial charge >= 0.3 is 0 Å². The van der Waals surface area contributed by atoms with Crippen LogP contribution in [-0.2, 0) is 9.84 Å². The van der Waals surface area contributed by atoms with Crippen LogP contribution in [0.4, 0.5) is 5.69 Å². The van der Waals surface area contributed by atoms with Crippen molar-refractivity contribution in [3.8, 4) is 0 Å². The van der Waals surface area contributed by atoms with Crippen LogP contribution in [0.15, 0.2) is 18.3 Å². The van der Waals surface area contributed by atoms with Crippen LogP contribution in [0.3, 0.4) is 0 Å². The van der Waals surface area contributed by atoms with Crippen LogP contribution in [0.25, 0.3) is 0 Å². The maximum Gasteiger partial charge on any atom is 0.269 e. The predicted molar refractivity (Wildman–Crippen MR) is 60.7 cm³/mol. The SMILES string of the molecule is CS(=O)(=O)CCNC(=O)c1cc(N)ccn1. The molecule has 0 aliphatic carbocycles. The zero-order chi connectivity index (χ0) is 12.2. The monoisotopic (exact) mass is 243 g/mol. The van der Waals surface area contributed by atoms with Crippen molar-refractivity contribution in [2.24, 2.45) is 0 Å². The number of hydrogen-bond donors (Lipinski definition) is 2. The third-order valence-corrected chi connectivity index (χ3v) is 2.72. The van der Waals surface area contributed by atoms with Crippen molar-refractivity contribution in [3.05, 3.63) is 24.0 Å². The number of pyridine rings is 1. The van der Waals surface area contributed by atoms with Crippen LogP contribution in [0.1, 0.15) is 10.5 Å². The first-order valence-electron chi connectivity index (χ1n) is 4.56. The van der Waals surface area contributed by atoms with Crippen molar-refractivity contribution < 1.29 is 13.2 Å². The molecule has 88 valence electrons. The number of nitrogen functional groups attached to an aromatic ring is 1. The van der Waals surface area contributed by atoms with Gasteiger partial charge in [-0.1, -0.05) is 0 Å². The number of carbonyl (C=O) groups excluding carboxylic acids is 1. The van der Waals surface area contributed by atoms with E-state index in [9.17, 15) is 13.2 Å². The molecule has 0 aliphatic heterocycles. The van der Waals surface area contributed by atoms with Crippen LogP contribution in [0.5, 0.6) is 0 Å². The Morgan fingerprint density at radius 3 is 2.81 bits per heavy atom. The van der Waals surface area contributed by atoms with Gasteiger partial charge in [0.2, 0.25) is 0 Å². The van der Waals surface area contributed by atoms with Gasteiger partial charge in [-0.25, -0.2) is 8.42 Å². The fourth-order valence-electron chi connectivity index (χ4n) is 1.01. The molecule has 1 aromatic rings. The summed E-state index contributed by atoms with van der Waals surface area (Å²) < 4.78 is 21.6. The van der Waals surface area contributed by atoms with E-state index in [1.54, 1.807) is 6.07 Å². The Bertz CT molecular complexity index is 485. The van der Waals surface area contributed by atoms with E-state index in [0.717, 1.165) is 6.26 Å². The normalized spacial score (nSPS) is 11.1. The number of sulfone groups is 1. The number of nitrogens with zero attached hydrogens (tertiary/aromatic N) is 1. The third-order valence-electron chi connectivity index (χ3n) is 1.78. The van der Waals surface area contributed by atoms with Crippen LogP contribution < -0.4 is 11.1 Å². The molecule has 0 spiro atoms. The van der Waals surface area contributed by atoms with E-state index in [1.165, 1.54) is 12.3 Å². The highest BCUT2D eigenvalue weighted by Gasteiger charge is 2.08. The summed E-state index contributed by atoms with van der Waals surface area (Å²) in [5.41, 5.74) is 6.09. The Balaban J connectivity index is 2.54. The van der Waals surface area contributed by atoms with Crippen molar-refractivity contribution in [1.29, 1.82) is 0 Å². The number of nitrogens with one attached hydrogen (secondary N) is 1. The number of aromatic nitrogens is 1. The molecule has 1 heterocycles. The molecule has 0 atom stereocenters. The average Bonchev–Trinajstić information content (AvgIpc) is 2.15. The molecule has 6 nitrogen and oxygen atoms in total. The van der Waals surface area contributed by atoms with Gasteiger partial charge in [-0.2, -0.15) is 0 Å². The lowest BCUT2D eigenvalue weighted by molar-refractivity contribution is 0.0951. The minimum absolute atomic E-state index is 0.0636. The number of amides is 1. The molecule has 1 rings (SSSR count). The highest BCUT2D eigenvalue weighted by atomic mass is 32.2. The highest BCUT2D eigenvalue weighted by molar-refractivity contribution is 7.90. The van der Waals surface area contributed by atoms with Crippen molar-refractivity contribution in [2.75, 3.05) is 24.3 Å². The molecule has 7 heteroatoms. The van der Waals surface area contributed by atoms with E-state index in [-0.39, 0.29) is 18.0 Å². The summed E-state index contributed by atoms with van der Waals surface area (Å²) in [4.78, 5) is 15.3. The maximum atomic E-state index is 11.5. The lowest BCUT2D eigenvalue weighted by Crippen LogP contribution is -2.29. The molecule has 0 aromatic carbocycles. The van der Waals surface area contributed by atoms with E-state index in [1.807, 2.05) is 0 Å². The second-order valence-electron chi connectivity index (χ2n) is 3.36. The Morgan fingerprint density at radius 2 is 2.25 bits per heavy atom. The average molecular weight is 243 g/mol. The van der Waals surface area contributed by atoms with E-state index in [0.29, 0.717) is 5.69 Å². The van der Waals surface area contributed by atoms with Gasteiger partial charge in [0.15, 0.2) is 0 Å². The van der Waals surface area contributed by atoms with Gasteiger partial charge in [0.25, 0.3) is 5.91 Å². The van der Waals surface area contributed by atoms with Crippen LogP contribution in [0.2, 0.25) is 0 Å². The minimum Gasteiger partial charge on any atom is -0.399 e. The molecule has 1 amide bonds. The molecule has 0 bridgehead atoms. The fraction of sp³-hybridized carbons (Fsp3) is 0.333. The second kappa shape index (κ2) is 4.93. The number of nitrogens with two attached hydrogens (primary N) is 1. The van der Waals surface area contributed by atoms with Gasteiger partial charge in [0.05, 0.1) is 5.75 Å². The van der Waals surface area contributed by atoms with E-state index in [2.05, 4.69) is 10.3 Å². The molecule has 0 fully saturated rings. The van der Waals surface area contributed by atoms with E-state index < -0.39 is 15.7 Å². The number of hydrogen-bond acceptors (Lipinski definition) is 5. The topological polar surface area (TPSA) is 102 Å². The summed E-state index contributed by atoms with van der Waals surface area (Å²) >= 11 is 0. The fourth-order valence-corrected chi connectivity index (χ4v) is 1.48. The van der Waals surface area contributed by atoms with Gasteiger partial charge in [0, 0.05) is 24.7 Å². The molecule has 1 aromatic heterocycles. The third kappa shape index (κ3) is 4.26. The van der Waals surface area contributed by atoms with Gasteiger partial charge in [0.1, 0.15) is 15.5 Å². The lowest BCUT2D eigenvalue weighted by atomic mass is 10.3. The first-order valence-corrected chi connectivity index (χ1v) is 6.62. The van der Waals surface area contributed by atoms with Gasteiger partial charge < -0.3 is 11.1 Å². The molecule has 16 heavy (non-hydrogen) atoms. The van der Waals surface area contributed by atoms with Crippen LogP contribution in [0, 0.1) is 0 Å². The molecular formula is C9H13N3O3S. The number of anilines is 1. The maximum absolute atomic E-state index is 11.5. The first-order chi connectivity index (χ1) is 7.38. The van der Waals surface area contributed by atoms with E-state index >= 15 is 0 Å². The van der Waals surface area contributed by atoms with E-state index in [4.69, 9.17) is 5.73 Å². The van der Waals surface area contributed by atoms with Gasteiger partial charge in [-0.15, -0.1) is 0 Å². The Hall–Kier alpha value is -1.63. The summed E-state index contributed by atoms with van der Waals surface area (Å²) in [6.07, 6.45) is 2.53. The molecule has 0 unspecified atom stereocenters. The molecule has 3 N–H and O–H groups in total. The van der Waals surface area contributed by atoms with Gasteiger partial charge in [-0.05, 0) is 12.1 Å². The number of carbonyl (C=O) groups is 1. The summed E-state index contributed by atoms with van der Waals surface area (Å²) in [6.45, 7) is 0.0636. The molecule has 0 radical (unpaired) electrons. The Labute approximate surface area is 93.8 Å². The zero-order valence-electron chi connectivity index (χ0n) is 8.80. The highest BCUT2D eigenvalue weighted by Crippen LogP contribution is 2.02. The van der Waals surface area contributed by atoms with Crippen LogP contribution in [-0.4, -0.2) is 37.9 Å². The summed E-state index contributed by atoms with van der Waals surface area (Å²) in [5, 5.41) is 2.45. The zero-order valence-corrected chi connectivity index (χ0v) is 9.62. The largest absolute Gasteiger partial charge is 0.399 e. The first kappa shape index (κ1) is 12.4. The Kier molecular flexibility index (Phi) is 3.83. The summed E-state index contributed by atoms with van der Waals surface area (Å²) in [7, 11) is -3.07. The molecule has 0 aliphatic rings.